The van der Waals surface area contributed by atoms with Crippen LogP contribution in [0.15, 0.2) is 30.3 Å². The van der Waals surface area contributed by atoms with E-state index >= 15 is 0 Å². The second-order valence-corrected chi connectivity index (χ2v) is 5.26. The van der Waals surface area contributed by atoms with Crippen molar-refractivity contribution in [1.82, 2.24) is 4.90 Å². The van der Waals surface area contributed by atoms with Crippen LogP contribution in [0.4, 0.5) is 0 Å². The summed E-state index contributed by atoms with van der Waals surface area (Å²) < 4.78 is 5.57. The quantitative estimate of drug-likeness (QED) is 0.841. The molecule has 1 amide bonds. The summed E-state index contributed by atoms with van der Waals surface area (Å²) in [5.41, 5.74) is 6.77. The molecule has 0 radical (unpaired) electrons. The van der Waals surface area contributed by atoms with Gasteiger partial charge in [0.25, 0.3) is 0 Å². The number of carbonyl (C=O) groups excluding carboxylic acids is 1. The lowest BCUT2D eigenvalue weighted by atomic mass is 10.1. The highest BCUT2D eigenvalue weighted by Gasteiger charge is 2.19. The normalized spacial score (nSPS) is 17.3. The monoisotopic (exact) mass is 312 g/mol. The second kappa shape index (κ2) is 9.77. The molecule has 1 aromatic rings. The van der Waals surface area contributed by atoms with Crippen molar-refractivity contribution < 1.29 is 9.53 Å². The molecule has 4 nitrogen and oxygen atoms in total. The molecule has 1 fully saturated rings. The maximum atomic E-state index is 12.3. The van der Waals surface area contributed by atoms with E-state index in [0.717, 1.165) is 31.4 Å². The molecule has 1 aliphatic rings. The lowest BCUT2D eigenvalue weighted by molar-refractivity contribution is -0.132. The Morgan fingerprint density at radius 1 is 1.33 bits per heavy atom. The van der Waals surface area contributed by atoms with Gasteiger partial charge in [-0.3, -0.25) is 4.79 Å². The average Bonchev–Trinajstić information content (AvgIpc) is 2.99. The van der Waals surface area contributed by atoms with Gasteiger partial charge < -0.3 is 15.4 Å². The summed E-state index contributed by atoms with van der Waals surface area (Å²) >= 11 is 0. The first kappa shape index (κ1) is 18.0. The van der Waals surface area contributed by atoms with E-state index in [2.05, 4.69) is 0 Å². The van der Waals surface area contributed by atoms with Gasteiger partial charge in [-0.1, -0.05) is 30.3 Å². The van der Waals surface area contributed by atoms with Crippen molar-refractivity contribution in [3.8, 4) is 0 Å². The first-order valence-electron chi connectivity index (χ1n) is 7.43. The highest BCUT2D eigenvalue weighted by molar-refractivity contribution is 5.85. The molecule has 1 atom stereocenters. The molecule has 0 aromatic heterocycles. The summed E-state index contributed by atoms with van der Waals surface area (Å²) in [5, 5.41) is 0. The van der Waals surface area contributed by atoms with Crippen molar-refractivity contribution in [2.75, 3.05) is 19.7 Å². The summed E-state index contributed by atoms with van der Waals surface area (Å²) in [6.07, 6.45) is 3.86. The molecule has 1 aromatic carbocycles. The minimum absolute atomic E-state index is 0. The Labute approximate surface area is 133 Å². The van der Waals surface area contributed by atoms with Gasteiger partial charge in [0.1, 0.15) is 0 Å². The fourth-order valence-electron chi connectivity index (χ4n) is 2.57. The summed E-state index contributed by atoms with van der Waals surface area (Å²) in [4.78, 5) is 14.2. The van der Waals surface area contributed by atoms with E-state index in [1.807, 2.05) is 35.2 Å². The Morgan fingerprint density at radius 2 is 2.10 bits per heavy atom. The molecular formula is C16H25ClN2O2. The molecular weight excluding hydrogens is 288 g/mol. The number of halogens is 1. The maximum Gasteiger partial charge on any atom is 0.223 e. The fraction of sp³-hybridized carbons (Fsp3) is 0.562. The molecule has 21 heavy (non-hydrogen) atoms. The molecule has 1 heterocycles. The van der Waals surface area contributed by atoms with Gasteiger partial charge >= 0.3 is 0 Å². The van der Waals surface area contributed by atoms with Crippen molar-refractivity contribution in [3.05, 3.63) is 35.9 Å². The predicted octanol–water partition coefficient (Wildman–Crippen LogP) is 2.35. The number of rotatable bonds is 7. The van der Waals surface area contributed by atoms with Crippen molar-refractivity contribution >= 4 is 18.3 Å². The number of carbonyl (C=O) groups is 1. The van der Waals surface area contributed by atoms with Crippen LogP contribution in [0.2, 0.25) is 0 Å². The maximum absolute atomic E-state index is 12.3. The Morgan fingerprint density at radius 3 is 2.71 bits per heavy atom. The summed E-state index contributed by atoms with van der Waals surface area (Å²) in [6, 6.07) is 10.0. The van der Waals surface area contributed by atoms with Crippen LogP contribution in [0.5, 0.6) is 0 Å². The Bertz CT molecular complexity index is 408. The van der Waals surface area contributed by atoms with Gasteiger partial charge in [0, 0.05) is 32.7 Å². The highest BCUT2D eigenvalue weighted by Crippen LogP contribution is 2.17. The number of hydrogen-bond donors (Lipinski definition) is 1. The van der Waals surface area contributed by atoms with Crippen LogP contribution in [0, 0.1) is 0 Å². The SMILES string of the molecule is Cl.NCCN(Cc1ccccc1)C(=O)CCC1CCCO1. The second-order valence-electron chi connectivity index (χ2n) is 5.26. The van der Waals surface area contributed by atoms with Crippen molar-refractivity contribution in [1.29, 1.82) is 0 Å². The molecule has 0 saturated carbocycles. The van der Waals surface area contributed by atoms with Gasteiger partial charge in [-0.2, -0.15) is 0 Å². The summed E-state index contributed by atoms with van der Waals surface area (Å²) in [7, 11) is 0. The van der Waals surface area contributed by atoms with Crippen molar-refractivity contribution in [2.24, 2.45) is 5.73 Å². The minimum Gasteiger partial charge on any atom is -0.378 e. The van der Waals surface area contributed by atoms with Gasteiger partial charge in [0.2, 0.25) is 5.91 Å². The zero-order valence-electron chi connectivity index (χ0n) is 12.4. The highest BCUT2D eigenvalue weighted by atomic mass is 35.5. The first-order chi connectivity index (χ1) is 9.79. The van der Waals surface area contributed by atoms with Gasteiger partial charge in [-0.15, -0.1) is 12.4 Å². The van der Waals surface area contributed by atoms with Gasteiger partial charge in [-0.05, 0) is 24.8 Å². The van der Waals surface area contributed by atoms with Gasteiger partial charge in [0.15, 0.2) is 0 Å². The molecule has 1 unspecified atom stereocenters. The number of amides is 1. The molecule has 2 N–H and O–H groups in total. The van der Waals surface area contributed by atoms with E-state index in [-0.39, 0.29) is 24.4 Å². The Hall–Kier alpha value is -1.10. The van der Waals surface area contributed by atoms with Crippen LogP contribution < -0.4 is 5.73 Å². The molecule has 1 saturated heterocycles. The van der Waals surface area contributed by atoms with E-state index in [0.29, 0.717) is 26.1 Å². The van der Waals surface area contributed by atoms with Crippen LogP contribution in [0.25, 0.3) is 0 Å². The Kier molecular flexibility index (Phi) is 8.35. The number of benzene rings is 1. The zero-order chi connectivity index (χ0) is 14.2. The van der Waals surface area contributed by atoms with Crippen molar-refractivity contribution in [2.45, 2.75) is 38.3 Å². The smallest absolute Gasteiger partial charge is 0.223 e. The van der Waals surface area contributed by atoms with E-state index in [9.17, 15) is 4.79 Å². The predicted molar refractivity (Wildman–Crippen MR) is 86.4 cm³/mol. The molecule has 0 bridgehead atoms. The van der Waals surface area contributed by atoms with Crippen LogP contribution in [0.1, 0.15) is 31.2 Å². The Balaban J connectivity index is 0.00000220. The largest absolute Gasteiger partial charge is 0.378 e. The third-order valence-corrected chi connectivity index (χ3v) is 3.67. The number of nitrogens with zero attached hydrogens (tertiary/aromatic N) is 1. The molecule has 0 aliphatic carbocycles. The lowest BCUT2D eigenvalue weighted by Gasteiger charge is -2.23. The van der Waals surface area contributed by atoms with Gasteiger partial charge in [0.05, 0.1) is 6.10 Å². The molecule has 5 heteroatoms. The van der Waals surface area contributed by atoms with Crippen LogP contribution in [-0.2, 0) is 16.1 Å². The number of ether oxygens (including phenoxy) is 1. The number of nitrogens with two attached hydrogens (primary N) is 1. The minimum atomic E-state index is 0. The zero-order valence-corrected chi connectivity index (χ0v) is 13.2. The van der Waals surface area contributed by atoms with Crippen LogP contribution in [0.3, 0.4) is 0 Å². The van der Waals surface area contributed by atoms with Crippen LogP contribution >= 0.6 is 12.4 Å². The number of hydrogen-bond acceptors (Lipinski definition) is 3. The van der Waals surface area contributed by atoms with E-state index < -0.39 is 0 Å². The van der Waals surface area contributed by atoms with E-state index in [4.69, 9.17) is 10.5 Å². The summed E-state index contributed by atoms with van der Waals surface area (Å²) in [6.45, 7) is 2.59. The molecule has 118 valence electrons. The average molecular weight is 313 g/mol. The molecule has 2 rings (SSSR count). The van der Waals surface area contributed by atoms with E-state index in [1.165, 1.54) is 0 Å². The first-order valence-corrected chi connectivity index (χ1v) is 7.43. The van der Waals surface area contributed by atoms with Gasteiger partial charge in [-0.25, -0.2) is 0 Å². The molecule has 0 spiro atoms. The summed E-state index contributed by atoms with van der Waals surface area (Å²) in [5.74, 6) is 0.176. The third kappa shape index (κ3) is 6.04. The lowest BCUT2D eigenvalue weighted by Crippen LogP contribution is -2.35. The fourth-order valence-corrected chi connectivity index (χ4v) is 2.57. The topological polar surface area (TPSA) is 55.6 Å². The standard InChI is InChI=1S/C16H24N2O2.ClH/c17-10-11-18(13-14-5-2-1-3-6-14)16(19)9-8-15-7-4-12-20-15;/h1-3,5-6,15H,4,7-13,17H2;1H. The van der Waals surface area contributed by atoms with E-state index in [1.54, 1.807) is 0 Å². The molecule has 1 aliphatic heterocycles. The third-order valence-electron chi connectivity index (χ3n) is 3.67. The van der Waals surface area contributed by atoms with Crippen LogP contribution in [-0.4, -0.2) is 36.6 Å². The van der Waals surface area contributed by atoms with Crippen molar-refractivity contribution in [3.63, 3.8) is 0 Å².